The van der Waals surface area contributed by atoms with Crippen molar-refractivity contribution < 1.29 is 23.4 Å². The second-order valence-electron chi connectivity index (χ2n) is 9.26. The molecule has 1 unspecified atom stereocenters. The van der Waals surface area contributed by atoms with Gasteiger partial charge in [0, 0.05) is 26.1 Å². The first-order chi connectivity index (χ1) is 15.7. The van der Waals surface area contributed by atoms with Crippen LogP contribution in [-0.4, -0.2) is 42.9 Å². The van der Waals surface area contributed by atoms with Gasteiger partial charge in [-0.1, -0.05) is 38.1 Å². The molecule has 0 radical (unpaired) electrons. The molecule has 3 atom stereocenters. The van der Waals surface area contributed by atoms with Crippen LogP contribution in [-0.2, 0) is 21.5 Å². The minimum atomic E-state index is -0.979. The van der Waals surface area contributed by atoms with Crippen LogP contribution >= 0.6 is 0 Å². The van der Waals surface area contributed by atoms with Crippen LogP contribution in [0.4, 0.5) is 8.78 Å². The van der Waals surface area contributed by atoms with E-state index in [2.05, 4.69) is 42.7 Å². The standard InChI is InChI=1S/C26H34F2N2O3/c1-17(2)20-6-4-7-21(13-20)26(8-5-9-33-16-26)29-15-25(32)24(30-18(3)31)12-19-10-22(27)14-23(28)11-19/h4,6-7,10-11,13-14,17,24-25,29,32H,5,8-9,12,15-16H2,1-3H3,(H,30,31)/t24-,25+,26?/m0/s1. The Morgan fingerprint density at radius 2 is 1.91 bits per heavy atom. The smallest absolute Gasteiger partial charge is 0.217 e. The fraction of sp³-hybridized carbons (Fsp3) is 0.500. The maximum absolute atomic E-state index is 13.6. The van der Waals surface area contributed by atoms with Crippen LogP contribution in [0.5, 0.6) is 0 Å². The first-order valence-electron chi connectivity index (χ1n) is 11.5. The molecule has 3 N–H and O–H groups in total. The van der Waals surface area contributed by atoms with Gasteiger partial charge in [0.1, 0.15) is 11.6 Å². The van der Waals surface area contributed by atoms with Gasteiger partial charge in [-0.15, -0.1) is 0 Å². The Hall–Kier alpha value is -2.35. The molecular formula is C26H34F2N2O3. The number of rotatable bonds is 9. The van der Waals surface area contributed by atoms with E-state index < -0.39 is 29.3 Å². The Kier molecular flexibility index (Phi) is 8.57. The average molecular weight is 461 g/mol. The zero-order valence-electron chi connectivity index (χ0n) is 19.5. The van der Waals surface area contributed by atoms with Gasteiger partial charge < -0.3 is 20.5 Å². The van der Waals surface area contributed by atoms with E-state index in [4.69, 9.17) is 4.74 Å². The van der Waals surface area contributed by atoms with Crippen molar-refractivity contribution >= 4 is 5.91 Å². The van der Waals surface area contributed by atoms with Gasteiger partial charge in [0.05, 0.1) is 24.3 Å². The van der Waals surface area contributed by atoms with Gasteiger partial charge in [-0.3, -0.25) is 4.79 Å². The molecule has 0 aromatic heterocycles. The highest BCUT2D eigenvalue weighted by atomic mass is 19.1. The molecule has 3 rings (SSSR count). The molecule has 0 bridgehead atoms. The van der Waals surface area contributed by atoms with Crippen molar-refractivity contribution in [1.82, 2.24) is 10.6 Å². The summed E-state index contributed by atoms with van der Waals surface area (Å²) in [6.07, 6.45) is 0.851. The van der Waals surface area contributed by atoms with E-state index in [-0.39, 0.29) is 18.9 Å². The minimum absolute atomic E-state index is 0.101. The molecule has 1 saturated heterocycles. The number of hydrogen-bond donors (Lipinski definition) is 3. The molecule has 33 heavy (non-hydrogen) atoms. The predicted molar refractivity (Wildman–Crippen MR) is 124 cm³/mol. The highest BCUT2D eigenvalue weighted by Crippen LogP contribution is 2.32. The Morgan fingerprint density at radius 3 is 2.52 bits per heavy atom. The molecule has 1 fully saturated rings. The van der Waals surface area contributed by atoms with Gasteiger partial charge in [0.15, 0.2) is 0 Å². The number of halogens is 2. The summed E-state index contributed by atoms with van der Waals surface area (Å²) in [6.45, 7) is 6.99. The summed E-state index contributed by atoms with van der Waals surface area (Å²) < 4.78 is 33.1. The summed E-state index contributed by atoms with van der Waals surface area (Å²) >= 11 is 0. The van der Waals surface area contributed by atoms with E-state index in [0.717, 1.165) is 24.5 Å². The summed E-state index contributed by atoms with van der Waals surface area (Å²) in [4.78, 5) is 11.8. The van der Waals surface area contributed by atoms with E-state index in [1.54, 1.807) is 0 Å². The van der Waals surface area contributed by atoms with Crippen LogP contribution in [0.25, 0.3) is 0 Å². The molecule has 0 saturated carbocycles. The number of nitrogens with one attached hydrogen (secondary N) is 2. The molecule has 2 aromatic carbocycles. The van der Waals surface area contributed by atoms with Gasteiger partial charge >= 0.3 is 0 Å². The van der Waals surface area contributed by atoms with Gasteiger partial charge in [-0.2, -0.15) is 0 Å². The zero-order chi connectivity index (χ0) is 24.0. The Labute approximate surface area is 194 Å². The SMILES string of the molecule is CC(=O)N[C@@H](Cc1cc(F)cc(F)c1)[C@H](O)CNC1(c2cccc(C(C)C)c2)CCCOC1. The number of carbonyl (C=O) groups excluding carboxylic acids is 1. The van der Waals surface area contributed by atoms with Crippen molar-refractivity contribution in [2.45, 2.75) is 63.6 Å². The molecule has 1 amide bonds. The van der Waals surface area contributed by atoms with E-state index >= 15 is 0 Å². The molecule has 5 nitrogen and oxygen atoms in total. The Bertz CT molecular complexity index is 925. The lowest BCUT2D eigenvalue weighted by atomic mass is 9.82. The molecular weight excluding hydrogens is 426 g/mol. The quantitative estimate of drug-likeness (QED) is 0.533. The summed E-state index contributed by atoms with van der Waals surface area (Å²) in [5, 5.41) is 17.2. The van der Waals surface area contributed by atoms with E-state index in [1.807, 2.05) is 6.07 Å². The molecule has 1 aliphatic heterocycles. The predicted octanol–water partition coefficient (Wildman–Crippen LogP) is 3.79. The molecule has 180 valence electrons. The van der Waals surface area contributed by atoms with Crippen molar-refractivity contribution in [2.75, 3.05) is 19.8 Å². The Balaban J connectivity index is 1.78. The molecule has 0 spiro atoms. The van der Waals surface area contributed by atoms with Crippen LogP contribution < -0.4 is 10.6 Å². The topological polar surface area (TPSA) is 70.6 Å². The molecule has 0 aliphatic carbocycles. The number of ether oxygens (including phenoxy) is 1. The number of amides is 1. The maximum atomic E-state index is 13.6. The van der Waals surface area contributed by atoms with E-state index in [0.29, 0.717) is 24.7 Å². The second kappa shape index (κ2) is 11.2. The van der Waals surface area contributed by atoms with Crippen LogP contribution in [0.15, 0.2) is 42.5 Å². The van der Waals surface area contributed by atoms with Crippen LogP contribution in [0.1, 0.15) is 56.2 Å². The van der Waals surface area contributed by atoms with Gasteiger partial charge in [-0.25, -0.2) is 8.78 Å². The summed E-state index contributed by atoms with van der Waals surface area (Å²) in [6, 6.07) is 10.9. The lowest BCUT2D eigenvalue weighted by Gasteiger charge is -2.40. The van der Waals surface area contributed by atoms with Crippen molar-refractivity contribution in [3.05, 3.63) is 70.8 Å². The molecule has 2 aromatic rings. The third-order valence-electron chi connectivity index (χ3n) is 6.23. The number of benzene rings is 2. The lowest BCUT2D eigenvalue weighted by molar-refractivity contribution is -0.120. The summed E-state index contributed by atoms with van der Waals surface area (Å²) in [5.41, 5.74) is 2.23. The number of aliphatic hydroxyl groups is 1. The van der Waals surface area contributed by atoms with Gasteiger partial charge in [-0.05, 0) is 54.0 Å². The van der Waals surface area contributed by atoms with Gasteiger partial charge in [0.2, 0.25) is 5.91 Å². The maximum Gasteiger partial charge on any atom is 0.217 e. The largest absolute Gasteiger partial charge is 0.390 e. The minimum Gasteiger partial charge on any atom is -0.390 e. The van der Waals surface area contributed by atoms with Crippen LogP contribution in [0.3, 0.4) is 0 Å². The normalized spacial score (nSPS) is 20.5. The zero-order valence-corrected chi connectivity index (χ0v) is 19.5. The van der Waals surface area contributed by atoms with Crippen LogP contribution in [0.2, 0.25) is 0 Å². The van der Waals surface area contributed by atoms with Crippen molar-refractivity contribution in [3.63, 3.8) is 0 Å². The van der Waals surface area contributed by atoms with E-state index in [1.165, 1.54) is 24.6 Å². The number of aliphatic hydroxyl groups excluding tert-OH is 1. The first-order valence-corrected chi connectivity index (χ1v) is 11.5. The fourth-order valence-corrected chi connectivity index (χ4v) is 4.43. The van der Waals surface area contributed by atoms with Crippen LogP contribution in [0, 0.1) is 11.6 Å². The lowest BCUT2D eigenvalue weighted by Crippen LogP contribution is -2.55. The first kappa shape index (κ1) is 25.3. The highest BCUT2D eigenvalue weighted by molar-refractivity contribution is 5.73. The second-order valence-corrected chi connectivity index (χ2v) is 9.26. The fourth-order valence-electron chi connectivity index (χ4n) is 4.43. The molecule has 7 heteroatoms. The molecule has 1 heterocycles. The summed E-state index contributed by atoms with van der Waals surface area (Å²) in [5.74, 6) is -1.32. The van der Waals surface area contributed by atoms with Crippen molar-refractivity contribution in [2.24, 2.45) is 0 Å². The summed E-state index contributed by atoms with van der Waals surface area (Å²) in [7, 11) is 0. The molecule has 1 aliphatic rings. The number of carbonyl (C=O) groups is 1. The monoisotopic (exact) mass is 460 g/mol. The third kappa shape index (κ3) is 6.82. The highest BCUT2D eigenvalue weighted by Gasteiger charge is 2.36. The number of hydrogen-bond acceptors (Lipinski definition) is 4. The van der Waals surface area contributed by atoms with Gasteiger partial charge in [0.25, 0.3) is 0 Å². The third-order valence-corrected chi connectivity index (χ3v) is 6.23. The van der Waals surface area contributed by atoms with E-state index in [9.17, 15) is 18.7 Å². The average Bonchev–Trinajstić information content (AvgIpc) is 2.77. The van der Waals surface area contributed by atoms with Crippen molar-refractivity contribution in [1.29, 1.82) is 0 Å². The van der Waals surface area contributed by atoms with Crippen molar-refractivity contribution in [3.8, 4) is 0 Å². The Morgan fingerprint density at radius 1 is 1.18 bits per heavy atom.